The summed E-state index contributed by atoms with van der Waals surface area (Å²) in [5.74, 6) is -0.922. The van der Waals surface area contributed by atoms with Crippen LogP contribution in [0.5, 0.6) is 0 Å². The number of nitrogens with zero attached hydrogens (tertiary/aromatic N) is 1. The van der Waals surface area contributed by atoms with Gasteiger partial charge in [-0.1, -0.05) is 51.1 Å². The molecule has 0 spiro atoms. The van der Waals surface area contributed by atoms with Crippen molar-refractivity contribution in [3.8, 4) is 22.3 Å². The van der Waals surface area contributed by atoms with Crippen LogP contribution < -0.4 is 4.90 Å². The number of aliphatic hydroxyl groups is 1. The predicted octanol–water partition coefficient (Wildman–Crippen LogP) is 6.79. The first kappa shape index (κ1) is 25.5. The van der Waals surface area contributed by atoms with Crippen molar-refractivity contribution >= 4 is 11.7 Å². The smallest absolute Gasteiger partial charge is 0.335 e. The third kappa shape index (κ3) is 5.68. The van der Waals surface area contributed by atoms with Gasteiger partial charge in [-0.05, 0) is 95.8 Å². The van der Waals surface area contributed by atoms with Crippen LogP contribution in [0.4, 0.5) is 5.69 Å². The Balaban J connectivity index is 2.15. The number of benzene rings is 3. The highest BCUT2D eigenvalue weighted by atomic mass is 16.4. The second-order valence-corrected chi connectivity index (χ2v) is 9.74. The van der Waals surface area contributed by atoms with Gasteiger partial charge in [-0.15, -0.1) is 0 Å². The van der Waals surface area contributed by atoms with Gasteiger partial charge in [0.25, 0.3) is 0 Å². The van der Waals surface area contributed by atoms with Crippen LogP contribution in [0.15, 0.2) is 60.7 Å². The molecule has 0 fully saturated rings. The lowest BCUT2D eigenvalue weighted by atomic mass is 9.82. The maximum absolute atomic E-state index is 11.2. The third-order valence-corrected chi connectivity index (χ3v) is 6.40. The molecular formula is C30H37NO3. The van der Waals surface area contributed by atoms with E-state index < -0.39 is 5.97 Å². The van der Waals surface area contributed by atoms with E-state index in [-0.39, 0.29) is 17.6 Å². The van der Waals surface area contributed by atoms with Crippen molar-refractivity contribution in [3.05, 3.63) is 77.4 Å². The second kappa shape index (κ2) is 10.9. The van der Waals surface area contributed by atoms with Crippen molar-refractivity contribution in [2.24, 2.45) is 0 Å². The SMILES string of the molecule is CCN(CC)c1ccc(-c2cc(-c3ccc(C(=O)O)cc3)ccc2CCCO)cc1C(C)(C)C. The monoisotopic (exact) mass is 459 g/mol. The minimum absolute atomic E-state index is 0.0104. The molecule has 4 heteroatoms. The molecule has 0 aliphatic rings. The largest absolute Gasteiger partial charge is 0.478 e. The zero-order valence-electron chi connectivity index (χ0n) is 21.1. The number of hydrogen-bond donors (Lipinski definition) is 2. The number of carboxylic acids is 1. The highest BCUT2D eigenvalue weighted by Crippen LogP contribution is 2.38. The zero-order valence-corrected chi connectivity index (χ0v) is 21.1. The van der Waals surface area contributed by atoms with E-state index in [0.717, 1.165) is 41.8 Å². The van der Waals surface area contributed by atoms with Crippen molar-refractivity contribution in [1.29, 1.82) is 0 Å². The first-order valence-electron chi connectivity index (χ1n) is 12.2. The van der Waals surface area contributed by atoms with Crippen LogP contribution in [-0.4, -0.2) is 35.9 Å². The Morgan fingerprint density at radius 3 is 2.03 bits per heavy atom. The van der Waals surface area contributed by atoms with Gasteiger partial charge in [0.05, 0.1) is 5.56 Å². The molecule has 0 saturated heterocycles. The van der Waals surface area contributed by atoms with E-state index >= 15 is 0 Å². The number of aromatic carboxylic acids is 1. The molecule has 34 heavy (non-hydrogen) atoms. The lowest BCUT2D eigenvalue weighted by molar-refractivity contribution is 0.0697. The Hall–Kier alpha value is -3.11. The molecule has 0 atom stereocenters. The Kier molecular flexibility index (Phi) is 8.16. The van der Waals surface area contributed by atoms with E-state index in [9.17, 15) is 15.0 Å². The first-order chi connectivity index (χ1) is 16.2. The maximum atomic E-state index is 11.2. The number of carboxylic acid groups (broad SMARTS) is 1. The molecule has 2 N–H and O–H groups in total. The molecule has 4 nitrogen and oxygen atoms in total. The Bertz CT molecular complexity index is 1120. The summed E-state index contributed by atoms with van der Waals surface area (Å²) in [6.07, 6.45) is 1.51. The molecule has 0 radical (unpaired) electrons. The first-order valence-corrected chi connectivity index (χ1v) is 12.2. The van der Waals surface area contributed by atoms with Gasteiger partial charge >= 0.3 is 5.97 Å². The Morgan fingerprint density at radius 2 is 1.47 bits per heavy atom. The molecule has 3 aromatic rings. The molecule has 0 aromatic heterocycles. The van der Waals surface area contributed by atoms with E-state index in [4.69, 9.17) is 0 Å². The second-order valence-electron chi connectivity index (χ2n) is 9.74. The highest BCUT2D eigenvalue weighted by molar-refractivity contribution is 5.88. The Morgan fingerprint density at radius 1 is 0.853 bits per heavy atom. The van der Waals surface area contributed by atoms with Crippen LogP contribution in [0.2, 0.25) is 0 Å². The normalized spacial score (nSPS) is 11.5. The number of hydrogen-bond acceptors (Lipinski definition) is 3. The summed E-state index contributed by atoms with van der Waals surface area (Å²) >= 11 is 0. The molecule has 3 aromatic carbocycles. The lowest BCUT2D eigenvalue weighted by Gasteiger charge is -2.31. The van der Waals surface area contributed by atoms with Gasteiger partial charge in [-0.25, -0.2) is 4.79 Å². The average molecular weight is 460 g/mol. The molecule has 0 aliphatic carbocycles. The quantitative estimate of drug-likeness (QED) is 0.370. The summed E-state index contributed by atoms with van der Waals surface area (Å²) in [5, 5.41) is 18.7. The summed E-state index contributed by atoms with van der Waals surface area (Å²) in [6, 6.07) is 20.2. The standard InChI is InChI=1S/C30H37NO3/c1-6-31(7-2)28-17-16-25(20-27(28)30(3,4)5)26-19-24(15-12-22(26)9-8-18-32)21-10-13-23(14-11-21)29(33)34/h10-17,19-20,32H,6-9,18H2,1-5H3,(H,33,34). The van der Waals surface area contributed by atoms with Crippen molar-refractivity contribution in [1.82, 2.24) is 0 Å². The minimum Gasteiger partial charge on any atom is -0.478 e. The van der Waals surface area contributed by atoms with Gasteiger partial charge in [0.2, 0.25) is 0 Å². The topological polar surface area (TPSA) is 60.8 Å². The fourth-order valence-electron chi connectivity index (χ4n) is 4.46. The van der Waals surface area contributed by atoms with E-state index in [1.54, 1.807) is 12.1 Å². The van der Waals surface area contributed by atoms with E-state index in [0.29, 0.717) is 6.42 Å². The van der Waals surface area contributed by atoms with Gasteiger partial charge < -0.3 is 15.1 Å². The molecule has 180 valence electrons. The van der Waals surface area contributed by atoms with Crippen molar-refractivity contribution in [3.63, 3.8) is 0 Å². The Labute approximate surface area is 203 Å². The maximum Gasteiger partial charge on any atom is 0.335 e. The van der Waals surface area contributed by atoms with Crippen LogP contribution in [0, 0.1) is 0 Å². The molecule has 0 bridgehead atoms. The van der Waals surface area contributed by atoms with Crippen molar-refractivity contribution in [2.75, 3.05) is 24.6 Å². The van der Waals surface area contributed by atoms with Crippen LogP contribution in [0.1, 0.15) is 62.5 Å². The number of aliphatic hydroxyl groups excluding tert-OH is 1. The van der Waals surface area contributed by atoms with Gasteiger partial charge in [-0.3, -0.25) is 0 Å². The molecule has 0 saturated carbocycles. The minimum atomic E-state index is -0.922. The third-order valence-electron chi connectivity index (χ3n) is 6.40. The number of rotatable bonds is 9. The van der Waals surface area contributed by atoms with Crippen LogP contribution in [-0.2, 0) is 11.8 Å². The van der Waals surface area contributed by atoms with Gasteiger partial charge in [-0.2, -0.15) is 0 Å². The van der Waals surface area contributed by atoms with Crippen molar-refractivity contribution in [2.45, 2.75) is 52.9 Å². The molecule has 0 amide bonds. The van der Waals surface area contributed by atoms with Gasteiger partial charge in [0, 0.05) is 25.4 Å². The fourth-order valence-corrected chi connectivity index (χ4v) is 4.46. The predicted molar refractivity (Wildman–Crippen MR) is 142 cm³/mol. The van der Waals surface area contributed by atoms with E-state index in [2.05, 4.69) is 75.9 Å². The van der Waals surface area contributed by atoms with Crippen molar-refractivity contribution < 1.29 is 15.0 Å². The molecule has 0 heterocycles. The average Bonchev–Trinajstić information content (AvgIpc) is 2.83. The molecule has 0 unspecified atom stereocenters. The summed E-state index contributed by atoms with van der Waals surface area (Å²) in [7, 11) is 0. The summed E-state index contributed by atoms with van der Waals surface area (Å²) in [5.41, 5.74) is 8.42. The summed E-state index contributed by atoms with van der Waals surface area (Å²) < 4.78 is 0. The van der Waals surface area contributed by atoms with Crippen LogP contribution in [0.25, 0.3) is 22.3 Å². The van der Waals surface area contributed by atoms with Gasteiger partial charge in [0.1, 0.15) is 0 Å². The summed E-state index contributed by atoms with van der Waals surface area (Å²) in [4.78, 5) is 13.6. The summed E-state index contributed by atoms with van der Waals surface area (Å²) in [6.45, 7) is 13.2. The number of carbonyl (C=O) groups is 1. The molecule has 3 rings (SSSR count). The number of aryl methyl sites for hydroxylation is 1. The lowest BCUT2D eigenvalue weighted by Crippen LogP contribution is -2.26. The molecular weight excluding hydrogens is 422 g/mol. The van der Waals surface area contributed by atoms with E-state index in [1.807, 2.05) is 12.1 Å². The fraction of sp³-hybridized carbons (Fsp3) is 0.367. The van der Waals surface area contributed by atoms with Gasteiger partial charge in [0.15, 0.2) is 0 Å². The molecule has 0 aliphatic heterocycles. The van der Waals surface area contributed by atoms with Crippen LogP contribution in [0.3, 0.4) is 0 Å². The van der Waals surface area contributed by atoms with Crippen LogP contribution >= 0.6 is 0 Å². The number of anilines is 1. The zero-order chi connectivity index (χ0) is 24.9. The van der Waals surface area contributed by atoms with E-state index in [1.165, 1.54) is 16.8 Å². The highest BCUT2D eigenvalue weighted by Gasteiger charge is 2.22.